The van der Waals surface area contributed by atoms with Crippen LogP contribution in [0, 0.1) is 0 Å². The van der Waals surface area contributed by atoms with Crippen LogP contribution in [0.3, 0.4) is 0 Å². The van der Waals surface area contributed by atoms with E-state index in [1.54, 1.807) is 6.20 Å². The molecule has 0 bridgehead atoms. The van der Waals surface area contributed by atoms with Crippen molar-refractivity contribution in [1.29, 1.82) is 0 Å². The molecular weight excluding hydrogens is 259 g/mol. The predicted molar refractivity (Wildman–Crippen MR) is 71.0 cm³/mol. The van der Waals surface area contributed by atoms with Crippen LogP contribution in [0.15, 0.2) is 12.3 Å². The lowest BCUT2D eigenvalue weighted by Crippen LogP contribution is -2.42. The van der Waals surface area contributed by atoms with Crippen molar-refractivity contribution in [2.75, 3.05) is 24.6 Å². The van der Waals surface area contributed by atoms with E-state index >= 15 is 0 Å². The van der Waals surface area contributed by atoms with Crippen LogP contribution in [-0.2, 0) is 10.6 Å². The average molecular weight is 275 g/mol. The molecule has 1 saturated heterocycles. The van der Waals surface area contributed by atoms with E-state index in [1.807, 2.05) is 6.07 Å². The van der Waals surface area contributed by atoms with Crippen molar-refractivity contribution in [3.63, 3.8) is 0 Å². The van der Waals surface area contributed by atoms with E-state index in [4.69, 9.17) is 27.9 Å². The number of alkyl halides is 1. The van der Waals surface area contributed by atoms with Crippen LogP contribution in [0.4, 0.5) is 5.82 Å². The van der Waals surface area contributed by atoms with E-state index < -0.39 is 0 Å². The fourth-order valence-corrected chi connectivity index (χ4v) is 2.38. The summed E-state index contributed by atoms with van der Waals surface area (Å²) in [4.78, 5) is 6.59. The summed E-state index contributed by atoms with van der Waals surface area (Å²) in [6.07, 6.45) is 2.98. The number of ether oxygens (including phenoxy) is 1. The molecule has 5 heteroatoms. The summed E-state index contributed by atoms with van der Waals surface area (Å²) in [5.74, 6) is 1.35. The first kappa shape index (κ1) is 12.9. The Morgan fingerprint density at radius 3 is 3.12 bits per heavy atom. The van der Waals surface area contributed by atoms with Crippen molar-refractivity contribution >= 4 is 29.0 Å². The van der Waals surface area contributed by atoms with E-state index in [2.05, 4.69) is 16.8 Å². The number of anilines is 1. The Labute approximate surface area is 112 Å². The Morgan fingerprint density at radius 2 is 2.41 bits per heavy atom. The number of hydrogen-bond acceptors (Lipinski definition) is 3. The van der Waals surface area contributed by atoms with Crippen molar-refractivity contribution in [3.8, 4) is 0 Å². The molecule has 2 rings (SSSR count). The van der Waals surface area contributed by atoms with Crippen molar-refractivity contribution < 1.29 is 4.74 Å². The van der Waals surface area contributed by atoms with Crippen LogP contribution in [-0.4, -0.2) is 30.8 Å². The molecule has 94 valence electrons. The van der Waals surface area contributed by atoms with Gasteiger partial charge in [0.1, 0.15) is 5.82 Å². The summed E-state index contributed by atoms with van der Waals surface area (Å²) in [6, 6.07) is 1.97. The molecule has 0 radical (unpaired) electrons. The zero-order valence-electron chi connectivity index (χ0n) is 9.83. The number of nitrogens with zero attached hydrogens (tertiary/aromatic N) is 2. The summed E-state index contributed by atoms with van der Waals surface area (Å²) >= 11 is 11.8. The minimum Gasteiger partial charge on any atom is -0.375 e. The smallest absolute Gasteiger partial charge is 0.129 e. The molecule has 1 aliphatic heterocycles. The number of aromatic nitrogens is 1. The highest BCUT2D eigenvalue weighted by molar-refractivity contribution is 6.32. The van der Waals surface area contributed by atoms with Crippen LogP contribution in [0.25, 0.3) is 0 Å². The van der Waals surface area contributed by atoms with E-state index in [9.17, 15) is 0 Å². The summed E-state index contributed by atoms with van der Waals surface area (Å²) in [6.45, 7) is 4.63. The Hall–Kier alpha value is -0.510. The highest BCUT2D eigenvalue weighted by Crippen LogP contribution is 2.23. The number of hydrogen-bond donors (Lipinski definition) is 0. The maximum atomic E-state index is 6.00. The molecule has 0 spiro atoms. The molecule has 0 N–H and O–H groups in total. The van der Waals surface area contributed by atoms with Crippen LogP contribution in [0.5, 0.6) is 0 Å². The molecule has 1 atom stereocenters. The first-order valence-corrected chi connectivity index (χ1v) is 6.72. The van der Waals surface area contributed by atoms with Gasteiger partial charge in [-0.1, -0.05) is 18.5 Å². The summed E-state index contributed by atoms with van der Waals surface area (Å²) in [5, 5.41) is 0.629. The van der Waals surface area contributed by atoms with Gasteiger partial charge in [-0.3, -0.25) is 0 Å². The molecule has 1 unspecified atom stereocenters. The van der Waals surface area contributed by atoms with Crippen LogP contribution in [0.2, 0.25) is 5.02 Å². The van der Waals surface area contributed by atoms with Gasteiger partial charge in [-0.25, -0.2) is 4.98 Å². The van der Waals surface area contributed by atoms with Gasteiger partial charge in [-0.05, 0) is 18.1 Å². The van der Waals surface area contributed by atoms with Gasteiger partial charge in [0, 0.05) is 25.2 Å². The van der Waals surface area contributed by atoms with Gasteiger partial charge in [0.2, 0.25) is 0 Å². The van der Waals surface area contributed by atoms with Gasteiger partial charge in [0.15, 0.2) is 0 Å². The molecule has 17 heavy (non-hydrogen) atoms. The topological polar surface area (TPSA) is 25.4 Å². The highest BCUT2D eigenvalue weighted by Gasteiger charge is 2.20. The third kappa shape index (κ3) is 3.03. The number of halogens is 2. The maximum absolute atomic E-state index is 6.00. The zero-order valence-corrected chi connectivity index (χ0v) is 11.3. The molecule has 1 aliphatic rings. The maximum Gasteiger partial charge on any atom is 0.129 e. The molecule has 0 aromatic carbocycles. The number of rotatable bonds is 3. The number of pyridine rings is 1. The summed E-state index contributed by atoms with van der Waals surface area (Å²) in [5.41, 5.74) is 0.929. The lowest BCUT2D eigenvalue weighted by Gasteiger charge is -2.33. The van der Waals surface area contributed by atoms with Crippen molar-refractivity contribution in [3.05, 3.63) is 22.8 Å². The highest BCUT2D eigenvalue weighted by atomic mass is 35.5. The third-order valence-electron chi connectivity index (χ3n) is 2.98. The molecule has 3 nitrogen and oxygen atoms in total. The van der Waals surface area contributed by atoms with Gasteiger partial charge < -0.3 is 9.64 Å². The van der Waals surface area contributed by atoms with Crippen LogP contribution in [0.1, 0.15) is 18.9 Å². The molecule has 1 fully saturated rings. The normalized spacial score (nSPS) is 20.6. The quantitative estimate of drug-likeness (QED) is 0.793. The Morgan fingerprint density at radius 1 is 1.59 bits per heavy atom. The van der Waals surface area contributed by atoms with E-state index in [-0.39, 0.29) is 0 Å². The molecule has 1 aromatic rings. The van der Waals surface area contributed by atoms with Crippen LogP contribution >= 0.6 is 23.2 Å². The van der Waals surface area contributed by atoms with Gasteiger partial charge in [-0.2, -0.15) is 0 Å². The van der Waals surface area contributed by atoms with Gasteiger partial charge in [0.25, 0.3) is 0 Å². The van der Waals surface area contributed by atoms with Gasteiger partial charge >= 0.3 is 0 Å². The summed E-state index contributed by atoms with van der Waals surface area (Å²) < 4.78 is 5.64. The van der Waals surface area contributed by atoms with E-state index in [0.29, 0.717) is 17.0 Å². The van der Waals surface area contributed by atoms with Crippen molar-refractivity contribution in [1.82, 2.24) is 4.98 Å². The van der Waals surface area contributed by atoms with Crippen molar-refractivity contribution in [2.45, 2.75) is 25.3 Å². The second-order valence-corrected chi connectivity index (χ2v) is 4.79. The molecule has 0 saturated carbocycles. The van der Waals surface area contributed by atoms with Crippen molar-refractivity contribution in [2.24, 2.45) is 0 Å². The second kappa shape index (κ2) is 5.89. The van der Waals surface area contributed by atoms with E-state index in [0.717, 1.165) is 37.5 Å². The first-order chi connectivity index (χ1) is 8.24. The fraction of sp³-hybridized carbons (Fsp3) is 0.583. The number of morpholine rings is 1. The third-order valence-corrected chi connectivity index (χ3v) is 3.61. The summed E-state index contributed by atoms with van der Waals surface area (Å²) in [7, 11) is 0. The molecule has 2 heterocycles. The van der Waals surface area contributed by atoms with Gasteiger partial charge in [0.05, 0.1) is 17.7 Å². The minimum atomic E-state index is 0.292. The first-order valence-electron chi connectivity index (χ1n) is 5.81. The Bertz CT molecular complexity index is 387. The lowest BCUT2D eigenvalue weighted by molar-refractivity contribution is 0.0381. The Balaban J connectivity index is 2.16. The molecule has 0 amide bonds. The predicted octanol–water partition coefficient (Wildman–Crippen LogP) is 3.09. The zero-order chi connectivity index (χ0) is 12.3. The standard InChI is InChI=1S/C12H16Cl2N2O/c1-2-10-8-16(3-4-17-10)12-5-9(6-13)11(14)7-15-12/h5,7,10H,2-4,6,8H2,1H3. The van der Waals surface area contributed by atoms with Crippen LogP contribution < -0.4 is 4.90 Å². The lowest BCUT2D eigenvalue weighted by atomic mass is 10.2. The molecular formula is C12H16Cl2N2O. The van der Waals surface area contributed by atoms with Gasteiger partial charge in [-0.15, -0.1) is 11.6 Å². The monoisotopic (exact) mass is 274 g/mol. The average Bonchev–Trinajstić information content (AvgIpc) is 2.39. The SMILES string of the molecule is CCC1CN(c2cc(CCl)c(Cl)cn2)CCO1. The molecule has 1 aromatic heterocycles. The molecule has 0 aliphatic carbocycles. The minimum absolute atomic E-state index is 0.292. The van der Waals surface area contributed by atoms with E-state index in [1.165, 1.54) is 0 Å². The largest absolute Gasteiger partial charge is 0.375 e. The second-order valence-electron chi connectivity index (χ2n) is 4.11. The fourth-order valence-electron chi connectivity index (χ4n) is 1.92. The Kier molecular flexibility index (Phi) is 4.48.